The molecule has 21 heavy (non-hydrogen) atoms. The van der Waals surface area contributed by atoms with Crippen molar-refractivity contribution in [3.63, 3.8) is 0 Å². The Balaban J connectivity index is 2.11. The summed E-state index contributed by atoms with van der Waals surface area (Å²) >= 11 is 1.11. The van der Waals surface area contributed by atoms with Crippen LogP contribution in [-0.4, -0.2) is 20.5 Å². The number of sulfonamides is 1. The molecule has 0 amide bonds. The third kappa shape index (κ3) is 4.05. The quantitative estimate of drug-likeness (QED) is 0.863. The summed E-state index contributed by atoms with van der Waals surface area (Å²) in [7, 11) is -3.79. The van der Waals surface area contributed by atoms with Gasteiger partial charge < -0.3 is 4.74 Å². The molecule has 0 aliphatic heterocycles. The molecule has 5 nitrogen and oxygen atoms in total. The van der Waals surface area contributed by atoms with Gasteiger partial charge in [-0.1, -0.05) is 13.8 Å². The van der Waals surface area contributed by atoms with Crippen LogP contribution in [0.4, 0.5) is 0 Å². The molecule has 1 aliphatic rings. The van der Waals surface area contributed by atoms with Gasteiger partial charge in [-0.2, -0.15) is 0 Å². The van der Waals surface area contributed by atoms with Crippen LogP contribution in [0.3, 0.4) is 0 Å². The normalized spacial score (nSPS) is 26.6. The lowest BCUT2D eigenvalue weighted by molar-refractivity contribution is 0.00856. The van der Waals surface area contributed by atoms with Crippen LogP contribution in [0.1, 0.15) is 47.7 Å². The summed E-state index contributed by atoms with van der Waals surface area (Å²) in [5, 5.41) is 5.12. The molecule has 2 rings (SSSR count). The Kier molecular flexibility index (Phi) is 4.75. The average molecular weight is 331 g/mol. The van der Waals surface area contributed by atoms with Gasteiger partial charge in [0.1, 0.15) is 11.0 Å². The minimum atomic E-state index is -3.79. The molecule has 1 saturated carbocycles. The van der Waals surface area contributed by atoms with E-state index in [4.69, 9.17) is 9.88 Å². The van der Waals surface area contributed by atoms with Gasteiger partial charge in [-0.25, -0.2) is 18.4 Å². The predicted octanol–water partition coefficient (Wildman–Crippen LogP) is 2.69. The number of carbonyl (C=O) groups excluding carboxylic acids is 1. The van der Waals surface area contributed by atoms with E-state index in [-0.39, 0.29) is 11.0 Å². The fourth-order valence-corrected chi connectivity index (χ4v) is 5.06. The summed E-state index contributed by atoms with van der Waals surface area (Å²) in [6.45, 7) is 5.95. The van der Waals surface area contributed by atoms with Crippen LogP contribution >= 0.6 is 11.3 Å². The van der Waals surface area contributed by atoms with Crippen molar-refractivity contribution >= 4 is 27.3 Å². The first-order valence-electron chi connectivity index (χ1n) is 7.01. The van der Waals surface area contributed by atoms with E-state index < -0.39 is 16.0 Å². The van der Waals surface area contributed by atoms with Gasteiger partial charge in [0, 0.05) is 4.88 Å². The molecule has 1 heterocycles. The van der Waals surface area contributed by atoms with Crippen LogP contribution in [0, 0.1) is 18.8 Å². The van der Waals surface area contributed by atoms with Crippen molar-refractivity contribution in [2.75, 3.05) is 0 Å². The molecule has 118 valence electrons. The molecule has 1 aromatic heterocycles. The van der Waals surface area contributed by atoms with Crippen LogP contribution in [0.2, 0.25) is 0 Å². The second kappa shape index (κ2) is 6.06. The lowest BCUT2D eigenvalue weighted by Crippen LogP contribution is -2.28. The van der Waals surface area contributed by atoms with Gasteiger partial charge in [0.15, 0.2) is 0 Å². The standard InChI is InChI=1S/C14H21NO4S2/c1-8-4-9(2)6-11(5-8)19-14(16)12-7-13(10(3)20-12)21(15,17)18/h7-9,11H,4-6H2,1-3H3,(H2,15,17,18). The summed E-state index contributed by atoms with van der Waals surface area (Å²) in [5.74, 6) is 0.623. The van der Waals surface area contributed by atoms with Gasteiger partial charge in [-0.15, -0.1) is 11.3 Å². The van der Waals surface area contributed by atoms with E-state index in [9.17, 15) is 13.2 Å². The van der Waals surface area contributed by atoms with E-state index in [1.807, 2.05) is 0 Å². The Morgan fingerprint density at radius 1 is 1.29 bits per heavy atom. The SMILES string of the molecule is Cc1sc(C(=O)OC2CC(C)CC(C)C2)cc1S(N)(=O)=O. The highest BCUT2D eigenvalue weighted by Crippen LogP contribution is 2.32. The number of rotatable bonds is 3. The number of aryl methyl sites for hydroxylation is 1. The van der Waals surface area contributed by atoms with Gasteiger partial charge in [0.05, 0.1) is 4.90 Å². The third-order valence-electron chi connectivity index (χ3n) is 3.79. The molecule has 1 aromatic rings. The number of ether oxygens (including phenoxy) is 1. The summed E-state index contributed by atoms with van der Waals surface area (Å²) in [6, 6.07) is 1.31. The van der Waals surface area contributed by atoms with Crippen LogP contribution in [0.25, 0.3) is 0 Å². The molecule has 0 aromatic carbocycles. The molecule has 2 N–H and O–H groups in total. The number of nitrogens with two attached hydrogens (primary N) is 1. The molecule has 0 bridgehead atoms. The summed E-state index contributed by atoms with van der Waals surface area (Å²) in [5.41, 5.74) is 0. The third-order valence-corrected chi connectivity index (χ3v) is 5.99. The molecule has 0 spiro atoms. The van der Waals surface area contributed by atoms with Crippen molar-refractivity contribution in [3.8, 4) is 0 Å². The average Bonchev–Trinajstić information content (AvgIpc) is 2.69. The largest absolute Gasteiger partial charge is 0.458 e. The van der Waals surface area contributed by atoms with Crippen LogP contribution in [0.15, 0.2) is 11.0 Å². The number of thiophene rings is 1. The smallest absolute Gasteiger partial charge is 0.348 e. The molecule has 2 unspecified atom stereocenters. The number of hydrogen-bond acceptors (Lipinski definition) is 5. The van der Waals surface area contributed by atoms with Gasteiger partial charge in [0.2, 0.25) is 10.0 Å². The highest BCUT2D eigenvalue weighted by molar-refractivity contribution is 7.89. The maximum atomic E-state index is 12.2. The van der Waals surface area contributed by atoms with Crippen molar-refractivity contribution in [2.24, 2.45) is 17.0 Å². The first kappa shape index (κ1) is 16.5. The van der Waals surface area contributed by atoms with Crippen molar-refractivity contribution in [1.29, 1.82) is 0 Å². The van der Waals surface area contributed by atoms with E-state index in [0.717, 1.165) is 30.6 Å². The zero-order valence-corrected chi connectivity index (χ0v) is 14.1. The van der Waals surface area contributed by atoms with E-state index in [1.54, 1.807) is 6.92 Å². The number of hydrogen-bond donors (Lipinski definition) is 1. The summed E-state index contributed by atoms with van der Waals surface area (Å²) in [4.78, 5) is 13.0. The number of primary sulfonamides is 1. The van der Waals surface area contributed by atoms with Crippen molar-refractivity contribution in [2.45, 2.75) is 51.0 Å². The lowest BCUT2D eigenvalue weighted by atomic mass is 9.82. The first-order valence-corrected chi connectivity index (χ1v) is 9.37. The van der Waals surface area contributed by atoms with Gasteiger partial charge in [0.25, 0.3) is 0 Å². The second-order valence-electron chi connectivity index (χ2n) is 6.02. The van der Waals surface area contributed by atoms with E-state index in [2.05, 4.69) is 13.8 Å². The van der Waals surface area contributed by atoms with Crippen molar-refractivity contribution in [1.82, 2.24) is 0 Å². The summed E-state index contributed by atoms with van der Waals surface area (Å²) < 4.78 is 28.3. The maximum Gasteiger partial charge on any atom is 0.348 e. The second-order valence-corrected chi connectivity index (χ2v) is 8.81. The van der Waals surface area contributed by atoms with E-state index in [1.165, 1.54) is 6.07 Å². The Morgan fingerprint density at radius 2 is 1.86 bits per heavy atom. The monoisotopic (exact) mass is 331 g/mol. The molecule has 1 aliphatic carbocycles. The van der Waals surface area contributed by atoms with Crippen molar-refractivity contribution < 1.29 is 17.9 Å². The first-order chi connectivity index (χ1) is 9.66. The number of esters is 1. The fraction of sp³-hybridized carbons (Fsp3) is 0.643. The Bertz CT molecular complexity index is 625. The molecule has 1 fully saturated rings. The maximum absolute atomic E-state index is 12.2. The predicted molar refractivity (Wildman–Crippen MR) is 81.8 cm³/mol. The fourth-order valence-electron chi connectivity index (χ4n) is 3.03. The molecular weight excluding hydrogens is 310 g/mol. The van der Waals surface area contributed by atoms with Gasteiger partial charge in [-0.3, -0.25) is 0 Å². The van der Waals surface area contributed by atoms with Gasteiger partial charge >= 0.3 is 5.97 Å². The van der Waals surface area contributed by atoms with Crippen LogP contribution in [-0.2, 0) is 14.8 Å². The zero-order valence-electron chi connectivity index (χ0n) is 12.5. The van der Waals surface area contributed by atoms with Crippen molar-refractivity contribution in [3.05, 3.63) is 15.8 Å². The highest BCUT2D eigenvalue weighted by Gasteiger charge is 2.28. The Morgan fingerprint density at radius 3 is 2.33 bits per heavy atom. The van der Waals surface area contributed by atoms with Crippen LogP contribution in [0.5, 0.6) is 0 Å². The molecule has 7 heteroatoms. The lowest BCUT2D eigenvalue weighted by Gasteiger charge is -2.30. The molecule has 0 radical (unpaired) electrons. The van der Waals surface area contributed by atoms with Gasteiger partial charge in [-0.05, 0) is 44.1 Å². The highest BCUT2D eigenvalue weighted by atomic mass is 32.2. The molecular formula is C14H21NO4S2. The zero-order chi connectivity index (χ0) is 15.8. The molecule has 2 atom stereocenters. The Hall–Kier alpha value is -0.920. The number of carbonyl (C=O) groups is 1. The Labute approximate surface area is 129 Å². The molecule has 0 saturated heterocycles. The topological polar surface area (TPSA) is 86.5 Å². The van der Waals surface area contributed by atoms with E-state index >= 15 is 0 Å². The minimum absolute atomic E-state index is 0.00447. The van der Waals surface area contributed by atoms with E-state index in [0.29, 0.717) is 21.6 Å². The summed E-state index contributed by atoms with van der Waals surface area (Å²) in [6.07, 6.45) is 2.80. The minimum Gasteiger partial charge on any atom is -0.458 e. The van der Waals surface area contributed by atoms with Crippen LogP contribution < -0.4 is 5.14 Å².